The second kappa shape index (κ2) is 6.33. The minimum atomic E-state index is -4.52. The van der Waals surface area contributed by atoms with Crippen molar-refractivity contribution in [3.8, 4) is 0 Å². The average molecular weight is 317 g/mol. The summed E-state index contributed by atoms with van der Waals surface area (Å²) < 4.78 is 43.0. The summed E-state index contributed by atoms with van der Waals surface area (Å²) in [5.74, 6) is 0.273. The number of halogens is 3. The molecule has 0 aliphatic heterocycles. The summed E-state index contributed by atoms with van der Waals surface area (Å²) in [6, 6.07) is 2.82. The Bertz CT molecular complexity index is 604. The molecule has 2 rings (SSSR count). The number of thiophene rings is 1. The van der Waals surface area contributed by atoms with Crippen molar-refractivity contribution in [1.82, 2.24) is 0 Å². The van der Waals surface area contributed by atoms with Crippen LogP contribution in [0.15, 0.2) is 40.3 Å². The maximum absolute atomic E-state index is 12.6. The van der Waals surface area contributed by atoms with Crippen molar-refractivity contribution in [2.75, 3.05) is 5.32 Å². The summed E-state index contributed by atoms with van der Waals surface area (Å²) in [5, 5.41) is 4.64. The summed E-state index contributed by atoms with van der Waals surface area (Å²) in [7, 11) is 0. The first-order valence-electron chi connectivity index (χ1n) is 6.02. The number of hydrogen-bond donors (Lipinski definition) is 3. The van der Waals surface area contributed by atoms with Crippen LogP contribution in [0.3, 0.4) is 0 Å². The van der Waals surface area contributed by atoms with Gasteiger partial charge in [0.25, 0.3) is 0 Å². The van der Waals surface area contributed by atoms with Crippen LogP contribution in [0.25, 0.3) is 5.70 Å². The minimum Gasteiger partial charge on any atom is -0.463 e. The highest BCUT2D eigenvalue weighted by atomic mass is 32.1. The Morgan fingerprint density at radius 1 is 1.48 bits per heavy atom. The molecule has 2 heterocycles. The fourth-order valence-corrected chi connectivity index (χ4v) is 2.30. The van der Waals surface area contributed by atoms with Gasteiger partial charge in [-0.2, -0.15) is 13.2 Å². The second-order valence-corrected chi connectivity index (χ2v) is 5.25. The fraction of sp³-hybridized carbons (Fsp3) is 0.231. The van der Waals surface area contributed by atoms with E-state index in [1.807, 2.05) is 0 Å². The van der Waals surface area contributed by atoms with E-state index in [4.69, 9.17) is 15.9 Å². The molecule has 0 aliphatic carbocycles. The van der Waals surface area contributed by atoms with Gasteiger partial charge < -0.3 is 21.2 Å². The normalized spacial score (nSPS) is 14.2. The van der Waals surface area contributed by atoms with Crippen LogP contribution >= 0.6 is 11.3 Å². The van der Waals surface area contributed by atoms with Gasteiger partial charge in [0.15, 0.2) is 0 Å². The number of alkyl halides is 3. The Hall–Kier alpha value is -1.77. The number of hydrogen-bond acceptors (Lipinski definition) is 5. The van der Waals surface area contributed by atoms with E-state index in [1.54, 1.807) is 23.6 Å². The van der Waals surface area contributed by atoms with Crippen LogP contribution in [0.4, 0.5) is 18.9 Å². The highest BCUT2D eigenvalue weighted by Gasteiger charge is 2.35. The monoisotopic (exact) mass is 317 g/mol. The lowest BCUT2D eigenvalue weighted by Gasteiger charge is -2.14. The van der Waals surface area contributed by atoms with Gasteiger partial charge in [0, 0.05) is 22.5 Å². The molecule has 0 saturated carbocycles. The van der Waals surface area contributed by atoms with Crippen LogP contribution in [0.1, 0.15) is 10.6 Å². The zero-order valence-corrected chi connectivity index (χ0v) is 11.7. The van der Waals surface area contributed by atoms with E-state index in [0.29, 0.717) is 12.2 Å². The van der Waals surface area contributed by atoms with Crippen molar-refractivity contribution in [3.63, 3.8) is 0 Å². The molecule has 0 aliphatic rings. The molecule has 0 aromatic carbocycles. The van der Waals surface area contributed by atoms with Gasteiger partial charge >= 0.3 is 6.18 Å². The summed E-state index contributed by atoms with van der Waals surface area (Å²) in [4.78, 5) is 0.913. The quantitative estimate of drug-likeness (QED) is 0.792. The SMILES string of the molecule is NCc1cc(N/C(=C\C(N)C(F)(F)F)c2ccco2)cs1. The van der Waals surface area contributed by atoms with Crippen LogP contribution in [-0.4, -0.2) is 12.2 Å². The van der Waals surface area contributed by atoms with E-state index in [9.17, 15) is 13.2 Å². The maximum Gasteiger partial charge on any atom is 0.407 e. The van der Waals surface area contributed by atoms with Crippen molar-refractivity contribution < 1.29 is 17.6 Å². The molecule has 8 heteroatoms. The maximum atomic E-state index is 12.6. The van der Waals surface area contributed by atoms with E-state index in [-0.39, 0.29) is 11.5 Å². The average Bonchev–Trinajstić information content (AvgIpc) is 3.07. The molecule has 0 amide bonds. The molecule has 1 unspecified atom stereocenters. The molecule has 0 bridgehead atoms. The summed E-state index contributed by atoms with van der Waals surface area (Å²) in [5.41, 5.74) is 11.4. The Labute approximate surface area is 123 Å². The van der Waals surface area contributed by atoms with E-state index < -0.39 is 12.2 Å². The van der Waals surface area contributed by atoms with Gasteiger partial charge in [-0.25, -0.2) is 0 Å². The van der Waals surface area contributed by atoms with Crippen LogP contribution in [0, 0.1) is 0 Å². The number of nitrogens with one attached hydrogen (secondary N) is 1. The van der Waals surface area contributed by atoms with E-state index >= 15 is 0 Å². The lowest BCUT2D eigenvalue weighted by Crippen LogP contribution is -2.35. The zero-order chi connectivity index (χ0) is 15.5. The molecule has 21 heavy (non-hydrogen) atoms. The molecule has 2 aromatic heterocycles. The molecule has 0 spiro atoms. The smallest absolute Gasteiger partial charge is 0.407 e. The van der Waals surface area contributed by atoms with Gasteiger partial charge in [0.2, 0.25) is 0 Å². The lowest BCUT2D eigenvalue weighted by atomic mass is 10.2. The molecule has 5 N–H and O–H groups in total. The predicted molar refractivity (Wildman–Crippen MR) is 76.5 cm³/mol. The number of nitrogens with two attached hydrogens (primary N) is 2. The summed E-state index contributed by atoms with van der Waals surface area (Å²) >= 11 is 1.41. The summed E-state index contributed by atoms with van der Waals surface area (Å²) in [6.07, 6.45) is -2.25. The topological polar surface area (TPSA) is 77.2 Å². The van der Waals surface area contributed by atoms with Crippen molar-refractivity contribution in [3.05, 3.63) is 46.6 Å². The fourth-order valence-electron chi connectivity index (χ4n) is 1.60. The molecule has 0 radical (unpaired) electrons. The minimum absolute atomic E-state index is 0.159. The highest BCUT2D eigenvalue weighted by Crippen LogP contribution is 2.27. The van der Waals surface area contributed by atoms with Gasteiger partial charge in [-0.05, 0) is 24.3 Å². The van der Waals surface area contributed by atoms with Gasteiger partial charge in [-0.15, -0.1) is 11.3 Å². The van der Waals surface area contributed by atoms with Gasteiger partial charge in [0.1, 0.15) is 11.8 Å². The molecule has 4 nitrogen and oxygen atoms in total. The molecular formula is C13H14F3N3OS. The van der Waals surface area contributed by atoms with Crippen molar-refractivity contribution in [2.45, 2.75) is 18.8 Å². The van der Waals surface area contributed by atoms with Crippen LogP contribution in [0.2, 0.25) is 0 Å². The van der Waals surface area contributed by atoms with E-state index in [2.05, 4.69) is 5.32 Å². The molecule has 2 aromatic rings. The number of furan rings is 1. The lowest BCUT2D eigenvalue weighted by molar-refractivity contribution is -0.136. The Morgan fingerprint density at radius 2 is 2.24 bits per heavy atom. The first kappa shape index (κ1) is 15.6. The second-order valence-electron chi connectivity index (χ2n) is 4.26. The van der Waals surface area contributed by atoms with Crippen molar-refractivity contribution in [2.24, 2.45) is 11.5 Å². The predicted octanol–water partition coefficient (Wildman–Crippen LogP) is 3.14. The zero-order valence-electron chi connectivity index (χ0n) is 10.9. The van der Waals surface area contributed by atoms with Crippen LogP contribution in [-0.2, 0) is 6.54 Å². The third-order valence-corrected chi connectivity index (χ3v) is 3.60. The van der Waals surface area contributed by atoms with Gasteiger partial charge in [-0.1, -0.05) is 0 Å². The molecule has 114 valence electrons. The van der Waals surface area contributed by atoms with E-state index in [1.165, 1.54) is 17.6 Å². The van der Waals surface area contributed by atoms with Crippen LogP contribution in [0.5, 0.6) is 0 Å². The molecule has 1 atom stereocenters. The van der Waals surface area contributed by atoms with Crippen LogP contribution < -0.4 is 16.8 Å². The third kappa shape index (κ3) is 4.10. The first-order chi connectivity index (χ1) is 9.90. The van der Waals surface area contributed by atoms with Gasteiger partial charge in [0.05, 0.1) is 12.0 Å². The molecule has 0 saturated heterocycles. The van der Waals surface area contributed by atoms with E-state index in [0.717, 1.165) is 11.0 Å². The first-order valence-corrected chi connectivity index (χ1v) is 6.90. The Balaban J connectivity index is 2.27. The Morgan fingerprint density at radius 3 is 2.76 bits per heavy atom. The summed E-state index contributed by atoms with van der Waals surface area (Å²) in [6.45, 7) is 0.369. The molecule has 0 fully saturated rings. The van der Waals surface area contributed by atoms with Crippen molar-refractivity contribution >= 4 is 22.7 Å². The van der Waals surface area contributed by atoms with Gasteiger partial charge in [-0.3, -0.25) is 0 Å². The highest BCUT2D eigenvalue weighted by molar-refractivity contribution is 7.10. The largest absolute Gasteiger partial charge is 0.463 e. The third-order valence-electron chi connectivity index (χ3n) is 2.64. The number of rotatable bonds is 5. The number of anilines is 1. The van der Waals surface area contributed by atoms with Crippen molar-refractivity contribution in [1.29, 1.82) is 0 Å². The Kier molecular flexibility index (Phi) is 4.71. The standard InChI is InChI=1S/C13H14F3N3OS/c14-13(15,16)12(18)5-10(11-2-1-3-20-11)19-8-4-9(6-17)21-7-8/h1-5,7,12,19H,6,17-18H2/b10-5-. The molecular weight excluding hydrogens is 303 g/mol.